The van der Waals surface area contributed by atoms with E-state index in [1.54, 1.807) is 0 Å². The largest absolute Gasteiger partial charge is 0.373 e. The van der Waals surface area contributed by atoms with E-state index in [9.17, 15) is 4.79 Å². The Labute approximate surface area is 207 Å². The monoisotopic (exact) mass is 479 g/mol. The zero-order valence-electron chi connectivity index (χ0n) is 20.1. The van der Waals surface area contributed by atoms with E-state index in [1.807, 2.05) is 47.4 Å². The van der Waals surface area contributed by atoms with Crippen molar-refractivity contribution in [1.29, 1.82) is 0 Å². The molecule has 34 heavy (non-hydrogen) atoms. The van der Waals surface area contributed by atoms with Crippen LogP contribution >= 0.6 is 11.6 Å². The molecule has 1 N–H and O–H groups in total. The molecule has 2 aromatic rings. The first-order valence-corrected chi connectivity index (χ1v) is 12.7. The van der Waals surface area contributed by atoms with Gasteiger partial charge in [0.25, 0.3) is 0 Å². The molecular formula is C28H34ClN3O2. The molecule has 1 saturated carbocycles. The van der Waals surface area contributed by atoms with Crippen molar-refractivity contribution in [2.75, 3.05) is 44.2 Å². The van der Waals surface area contributed by atoms with Gasteiger partial charge in [-0.05, 0) is 49.6 Å². The summed E-state index contributed by atoms with van der Waals surface area (Å²) in [6.45, 7) is 13.7. The van der Waals surface area contributed by atoms with E-state index >= 15 is 0 Å². The lowest BCUT2D eigenvalue weighted by Crippen LogP contribution is -2.48. The highest BCUT2D eigenvalue weighted by Gasteiger charge is 2.75. The summed E-state index contributed by atoms with van der Waals surface area (Å²) in [7, 11) is 0. The molecule has 4 atom stereocenters. The molecule has 2 unspecified atom stereocenters. The Hall–Kier alpha value is -2.18. The lowest BCUT2D eigenvalue weighted by Gasteiger charge is -2.35. The Morgan fingerprint density at radius 1 is 1.09 bits per heavy atom. The summed E-state index contributed by atoms with van der Waals surface area (Å²) in [5.74, 6) is 0.182. The van der Waals surface area contributed by atoms with Crippen LogP contribution < -0.4 is 10.2 Å². The molecule has 0 bridgehead atoms. The lowest BCUT2D eigenvalue weighted by atomic mass is 9.82. The van der Waals surface area contributed by atoms with Gasteiger partial charge in [0.05, 0.1) is 17.6 Å². The van der Waals surface area contributed by atoms with Gasteiger partial charge in [-0.2, -0.15) is 0 Å². The van der Waals surface area contributed by atoms with Crippen molar-refractivity contribution in [1.82, 2.24) is 10.2 Å². The minimum atomic E-state index is -0.570. The second kappa shape index (κ2) is 9.12. The number of hydrogen-bond donors (Lipinski definition) is 1. The van der Waals surface area contributed by atoms with Crippen molar-refractivity contribution in [3.05, 3.63) is 77.3 Å². The summed E-state index contributed by atoms with van der Waals surface area (Å²) in [5.41, 5.74) is 2.29. The molecular weight excluding hydrogens is 446 g/mol. The van der Waals surface area contributed by atoms with Crippen molar-refractivity contribution in [3.63, 3.8) is 0 Å². The molecule has 0 radical (unpaired) electrons. The molecule has 2 heterocycles. The topological polar surface area (TPSA) is 44.8 Å². The molecule has 1 saturated heterocycles. The van der Waals surface area contributed by atoms with Crippen molar-refractivity contribution in [2.24, 2.45) is 0 Å². The van der Waals surface area contributed by atoms with Gasteiger partial charge in [-0.15, -0.1) is 6.58 Å². The van der Waals surface area contributed by atoms with E-state index in [4.69, 9.17) is 16.3 Å². The molecule has 1 spiro atoms. The van der Waals surface area contributed by atoms with Gasteiger partial charge < -0.3 is 15.0 Å². The number of rotatable bonds is 8. The quantitative estimate of drug-likeness (QED) is 0.456. The smallest absolute Gasteiger partial charge is 0.239 e. The van der Waals surface area contributed by atoms with Gasteiger partial charge >= 0.3 is 0 Å². The van der Waals surface area contributed by atoms with Crippen LogP contribution in [0.1, 0.15) is 31.4 Å². The Kier molecular flexibility index (Phi) is 6.32. The number of anilines is 1. The molecule has 2 aliphatic heterocycles. The van der Waals surface area contributed by atoms with Crippen LogP contribution in [-0.4, -0.2) is 62.3 Å². The minimum Gasteiger partial charge on any atom is -0.373 e. The van der Waals surface area contributed by atoms with Crippen LogP contribution in [0.5, 0.6) is 0 Å². The van der Waals surface area contributed by atoms with Crippen LogP contribution in [-0.2, 0) is 20.4 Å². The maximum absolute atomic E-state index is 13.9. The fourth-order valence-corrected chi connectivity index (χ4v) is 6.33. The number of morpholine rings is 1. The zero-order chi connectivity index (χ0) is 23.9. The Balaban J connectivity index is 1.27. The standard InChI is InChI=1S/C28H34ClN3O2/c1-4-27(22-9-11-23(29)12-10-22)19-28(27)24-7-5-6-8-25(24)32(26(28)33)16-14-30-13-15-31-17-20(2)34-21(3)18-31/h4-12,20-21,30H,1,13-19H2,2-3H3/t20?,21?,27-,28+/m1/s1. The fourth-order valence-electron chi connectivity index (χ4n) is 6.20. The van der Waals surface area contributed by atoms with Crippen molar-refractivity contribution in [2.45, 2.75) is 43.3 Å². The van der Waals surface area contributed by atoms with E-state index in [2.05, 4.69) is 42.8 Å². The van der Waals surface area contributed by atoms with Gasteiger partial charge in [-0.1, -0.05) is 48.0 Å². The number of carbonyl (C=O) groups excluding carboxylic acids is 1. The summed E-state index contributed by atoms with van der Waals surface area (Å²) in [5, 5.41) is 4.25. The minimum absolute atomic E-state index is 0.182. The number of ether oxygens (including phenoxy) is 1. The van der Waals surface area contributed by atoms with Crippen LogP contribution in [0, 0.1) is 0 Å². The predicted octanol–water partition coefficient (Wildman–Crippen LogP) is 4.15. The number of carbonyl (C=O) groups is 1. The van der Waals surface area contributed by atoms with Gasteiger partial charge in [0.1, 0.15) is 0 Å². The van der Waals surface area contributed by atoms with Crippen LogP contribution in [0.3, 0.4) is 0 Å². The SMILES string of the molecule is C=C[C@]1(c2ccc(Cl)cc2)C[C@]12C(=O)N(CCNCCN1CC(C)OC(C)C1)c1ccccc12. The van der Waals surface area contributed by atoms with Gasteiger partial charge in [-0.25, -0.2) is 0 Å². The Morgan fingerprint density at radius 3 is 2.47 bits per heavy atom. The second-order valence-electron chi connectivity index (χ2n) is 10.0. The summed E-state index contributed by atoms with van der Waals surface area (Å²) >= 11 is 6.14. The average Bonchev–Trinajstić information content (AvgIpc) is 3.46. The first kappa shape index (κ1) is 23.6. The van der Waals surface area contributed by atoms with Crippen LogP contribution in [0.25, 0.3) is 0 Å². The van der Waals surface area contributed by atoms with Gasteiger partial charge in [0.2, 0.25) is 5.91 Å². The molecule has 3 aliphatic rings. The maximum Gasteiger partial charge on any atom is 0.239 e. The number of nitrogens with one attached hydrogen (secondary N) is 1. The van der Waals surface area contributed by atoms with Crippen molar-refractivity contribution in [3.8, 4) is 0 Å². The highest BCUT2D eigenvalue weighted by atomic mass is 35.5. The fraction of sp³-hybridized carbons (Fsp3) is 0.464. The average molecular weight is 480 g/mol. The summed E-state index contributed by atoms with van der Waals surface area (Å²) in [6.07, 6.45) is 3.28. The van der Waals surface area contributed by atoms with Gasteiger partial charge in [0.15, 0.2) is 0 Å². The number of amides is 1. The third-order valence-electron chi connectivity index (χ3n) is 7.77. The number of para-hydroxylation sites is 1. The van der Waals surface area contributed by atoms with E-state index < -0.39 is 10.8 Å². The molecule has 5 rings (SSSR count). The summed E-state index contributed by atoms with van der Waals surface area (Å²) < 4.78 is 5.83. The molecule has 1 aliphatic carbocycles. The number of hydrogen-bond acceptors (Lipinski definition) is 4. The predicted molar refractivity (Wildman–Crippen MR) is 138 cm³/mol. The maximum atomic E-state index is 13.9. The second-order valence-corrected chi connectivity index (χ2v) is 10.4. The first-order valence-electron chi connectivity index (χ1n) is 12.3. The van der Waals surface area contributed by atoms with Crippen LogP contribution in [0.15, 0.2) is 61.2 Å². The van der Waals surface area contributed by atoms with Gasteiger partial charge in [-0.3, -0.25) is 9.69 Å². The van der Waals surface area contributed by atoms with Gasteiger partial charge in [0, 0.05) is 55.4 Å². The Morgan fingerprint density at radius 2 is 1.76 bits per heavy atom. The van der Waals surface area contributed by atoms with E-state index in [-0.39, 0.29) is 18.1 Å². The van der Waals surface area contributed by atoms with E-state index in [0.29, 0.717) is 11.6 Å². The normalized spacial score (nSPS) is 30.6. The Bertz CT molecular complexity index is 1060. The molecule has 2 fully saturated rings. The highest BCUT2D eigenvalue weighted by Crippen LogP contribution is 2.70. The molecule has 0 aromatic heterocycles. The molecule has 2 aromatic carbocycles. The summed E-state index contributed by atoms with van der Waals surface area (Å²) in [4.78, 5) is 18.4. The summed E-state index contributed by atoms with van der Waals surface area (Å²) in [6, 6.07) is 16.1. The molecule has 5 nitrogen and oxygen atoms in total. The van der Waals surface area contributed by atoms with E-state index in [1.165, 1.54) is 0 Å². The number of allylic oxidation sites excluding steroid dienone is 1. The lowest BCUT2D eigenvalue weighted by molar-refractivity contribution is -0.120. The molecule has 6 heteroatoms. The molecule has 180 valence electrons. The zero-order valence-corrected chi connectivity index (χ0v) is 20.9. The number of halogens is 1. The van der Waals surface area contributed by atoms with Crippen LogP contribution in [0.2, 0.25) is 5.02 Å². The third kappa shape index (κ3) is 3.79. The number of benzene rings is 2. The van der Waals surface area contributed by atoms with Crippen LogP contribution in [0.4, 0.5) is 5.69 Å². The molecule has 1 amide bonds. The first-order chi connectivity index (χ1) is 16.4. The number of fused-ring (bicyclic) bond motifs is 2. The van der Waals surface area contributed by atoms with E-state index in [0.717, 1.165) is 56.0 Å². The van der Waals surface area contributed by atoms with Crippen molar-refractivity contribution >= 4 is 23.2 Å². The van der Waals surface area contributed by atoms with Crippen molar-refractivity contribution < 1.29 is 9.53 Å². The number of nitrogens with zero attached hydrogens (tertiary/aromatic N) is 2. The highest BCUT2D eigenvalue weighted by molar-refractivity contribution is 6.30. The third-order valence-corrected chi connectivity index (χ3v) is 8.02.